The number of hydrogen-bond donors (Lipinski definition) is 2. The molecule has 0 radical (unpaired) electrons. The molecule has 2 N–H and O–H groups in total. The predicted octanol–water partition coefficient (Wildman–Crippen LogP) is 1.33. The van der Waals surface area contributed by atoms with E-state index in [2.05, 4.69) is 20.8 Å². The van der Waals surface area contributed by atoms with Crippen molar-refractivity contribution in [2.75, 3.05) is 12.4 Å². The SMILES string of the molecule is CNC(=O)c1nn(C)cc1NC(=O)CCn1nc(C(F)(F)F)cc1C. The van der Waals surface area contributed by atoms with E-state index in [1.807, 2.05) is 0 Å². The molecule has 25 heavy (non-hydrogen) atoms. The van der Waals surface area contributed by atoms with Gasteiger partial charge in [-0.05, 0) is 13.0 Å². The maximum atomic E-state index is 12.6. The number of carbonyl (C=O) groups excluding carboxylic acids is 2. The summed E-state index contributed by atoms with van der Waals surface area (Å²) in [5.41, 5.74) is -0.430. The minimum Gasteiger partial charge on any atom is -0.354 e. The normalized spacial score (nSPS) is 11.4. The highest BCUT2D eigenvalue weighted by Gasteiger charge is 2.34. The number of carbonyl (C=O) groups is 2. The van der Waals surface area contributed by atoms with Gasteiger partial charge in [0.25, 0.3) is 5.91 Å². The Balaban J connectivity index is 2.03. The highest BCUT2D eigenvalue weighted by molar-refractivity contribution is 6.02. The van der Waals surface area contributed by atoms with Gasteiger partial charge in [0.1, 0.15) is 0 Å². The molecule has 2 amide bonds. The van der Waals surface area contributed by atoms with Crippen LogP contribution in [-0.2, 0) is 24.6 Å². The summed E-state index contributed by atoms with van der Waals surface area (Å²) >= 11 is 0. The summed E-state index contributed by atoms with van der Waals surface area (Å²) in [7, 11) is 3.02. The van der Waals surface area contributed by atoms with E-state index >= 15 is 0 Å². The Bertz CT molecular complexity index is 793. The van der Waals surface area contributed by atoms with Crippen LogP contribution >= 0.6 is 0 Å². The van der Waals surface area contributed by atoms with Crippen molar-refractivity contribution in [3.8, 4) is 0 Å². The molecule has 0 spiro atoms. The van der Waals surface area contributed by atoms with Gasteiger partial charge in [-0.25, -0.2) is 0 Å². The second kappa shape index (κ2) is 6.95. The van der Waals surface area contributed by atoms with Gasteiger partial charge in [0.15, 0.2) is 11.4 Å². The fraction of sp³-hybridized carbons (Fsp3) is 0.429. The first-order valence-electron chi connectivity index (χ1n) is 7.29. The molecular formula is C14H17F3N6O2. The molecule has 136 valence electrons. The van der Waals surface area contributed by atoms with Crippen LogP contribution in [0.5, 0.6) is 0 Å². The fourth-order valence-electron chi connectivity index (χ4n) is 2.16. The molecule has 2 aromatic heterocycles. The molecule has 2 rings (SSSR count). The number of aryl methyl sites for hydroxylation is 3. The van der Waals surface area contributed by atoms with Gasteiger partial charge in [-0.2, -0.15) is 23.4 Å². The zero-order valence-electron chi connectivity index (χ0n) is 13.8. The molecule has 0 saturated heterocycles. The van der Waals surface area contributed by atoms with E-state index < -0.39 is 23.7 Å². The quantitative estimate of drug-likeness (QED) is 0.843. The maximum absolute atomic E-state index is 12.6. The van der Waals surface area contributed by atoms with Crippen molar-refractivity contribution in [1.29, 1.82) is 0 Å². The van der Waals surface area contributed by atoms with Crippen molar-refractivity contribution in [1.82, 2.24) is 24.9 Å². The van der Waals surface area contributed by atoms with Crippen LogP contribution in [0.4, 0.5) is 18.9 Å². The lowest BCUT2D eigenvalue weighted by molar-refractivity contribution is -0.141. The highest BCUT2D eigenvalue weighted by Crippen LogP contribution is 2.28. The Morgan fingerprint density at radius 3 is 2.52 bits per heavy atom. The van der Waals surface area contributed by atoms with E-state index in [9.17, 15) is 22.8 Å². The Morgan fingerprint density at radius 2 is 1.96 bits per heavy atom. The summed E-state index contributed by atoms with van der Waals surface area (Å²) in [6.07, 6.45) is -3.18. The smallest absolute Gasteiger partial charge is 0.354 e. The standard InChI is InChI=1S/C14H17F3N6O2/c1-8-6-10(14(15,16)17)20-23(8)5-4-11(24)19-9-7-22(3)21-12(9)13(25)18-2/h6-7H,4-5H2,1-3H3,(H,18,25)(H,19,24). The molecule has 0 aliphatic heterocycles. The third-order valence-electron chi connectivity index (χ3n) is 3.37. The van der Waals surface area contributed by atoms with Gasteiger partial charge in [-0.3, -0.25) is 19.0 Å². The van der Waals surface area contributed by atoms with E-state index in [1.54, 1.807) is 7.05 Å². The van der Waals surface area contributed by atoms with Gasteiger partial charge in [0, 0.05) is 39.0 Å². The highest BCUT2D eigenvalue weighted by atomic mass is 19.4. The Kier molecular flexibility index (Phi) is 5.14. The third kappa shape index (κ3) is 4.37. The topological polar surface area (TPSA) is 93.8 Å². The van der Waals surface area contributed by atoms with E-state index in [4.69, 9.17) is 0 Å². The summed E-state index contributed by atoms with van der Waals surface area (Å²) in [6.45, 7) is 1.45. The molecule has 0 bridgehead atoms. The summed E-state index contributed by atoms with van der Waals surface area (Å²) in [5.74, 6) is -0.935. The number of nitrogens with zero attached hydrogens (tertiary/aromatic N) is 4. The monoisotopic (exact) mass is 358 g/mol. The van der Waals surface area contributed by atoms with Crippen molar-refractivity contribution >= 4 is 17.5 Å². The number of hydrogen-bond acceptors (Lipinski definition) is 4. The van der Waals surface area contributed by atoms with Gasteiger partial charge >= 0.3 is 6.18 Å². The molecule has 0 aliphatic carbocycles. The van der Waals surface area contributed by atoms with Crippen molar-refractivity contribution in [3.05, 3.63) is 29.3 Å². The van der Waals surface area contributed by atoms with Crippen molar-refractivity contribution in [3.63, 3.8) is 0 Å². The number of halogens is 3. The van der Waals surface area contributed by atoms with Crippen molar-refractivity contribution < 1.29 is 22.8 Å². The minimum absolute atomic E-state index is 0.0245. The lowest BCUT2D eigenvalue weighted by Gasteiger charge is -2.06. The van der Waals surface area contributed by atoms with Gasteiger partial charge in [-0.1, -0.05) is 0 Å². The number of alkyl halides is 3. The second-order valence-electron chi connectivity index (χ2n) is 5.33. The van der Waals surface area contributed by atoms with Crippen LogP contribution in [0.25, 0.3) is 0 Å². The first-order chi connectivity index (χ1) is 11.6. The number of rotatable bonds is 5. The molecule has 0 aliphatic rings. The van der Waals surface area contributed by atoms with Crippen LogP contribution in [0.3, 0.4) is 0 Å². The van der Waals surface area contributed by atoms with Crippen LogP contribution in [0.2, 0.25) is 0 Å². The van der Waals surface area contributed by atoms with Crippen LogP contribution < -0.4 is 10.6 Å². The fourth-order valence-corrected chi connectivity index (χ4v) is 2.16. The molecule has 2 aromatic rings. The Labute approximate surface area is 141 Å². The van der Waals surface area contributed by atoms with E-state index in [-0.39, 0.29) is 24.3 Å². The first kappa shape index (κ1) is 18.5. The minimum atomic E-state index is -4.53. The summed E-state index contributed by atoms with van der Waals surface area (Å²) in [6, 6.07) is 0.919. The van der Waals surface area contributed by atoms with Gasteiger partial charge in [0.05, 0.1) is 5.69 Å². The molecule has 11 heteroatoms. The molecule has 0 aromatic carbocycles. The van der Waals surface area contributed by atoms with Crippen LogP contribution in [0.15, 0.2) is 12.3 Å². The zero-order chi connectivity index (χ0) is 18.8. The van der Waals surface area contributed by atoms with Gasteiger partial charge in [0.2, 0.25) is 5.91 Å². The molecule has 0 unspecified atom stereocenters. The number of nitrogens with one attached hydrogen (secondary N) is 2. The van der Waals surface area contributed by atoms with E-state index in [0.717, 1.165) is 10.7 Å². The van der Waals surface area contributed by atoms with Crippen LogP contribution in [0.1, 0.15) is 28.3 Å². The van der Waals surface area contributed by atoms with Gasteiger partial charge in [-0.15, -0.1) is 0 Å². The van der Waals surface area contributed by atoms with Crippen LogP contribution in [-0.4, -0.2) is 38.4 Å². The summed E-state index contributed by atoms with van der Waals surface area (Å²) in [4.78, 5) is 23.7. The third-order valence-corrected chi connectivity index (χ3v) is 3.37. The molecule has 0 fully saturated rings. The molecule has 2 heterocycles. The van der Waals surface area contributed by atoms with Crippen molar-refractivity contribution in [2.24, 2.45) is 7.05 Å². The molecule has 8 nitrogen and oxygen atoms in total. The average molecular weight is 358 g/mol. The maximum Gasteiger partial charge on any atom is 0.435 e. The van der Waals surface area contributed by atoms with E-state index in [1.165, 1.54) is 24.9 Å². The average Bonchev–Trinajstić information content (AvgIpc) is 3.07. The largest absolute Gasteiger partial charge is 0.435 e. The first-order valence-corrected chi connectivity index (χ1v) is 7.29. The summed E-state index contributed by atoms with van der Waals surface area (Å²) < 4.78 is 40.3. The lowest BCUT2D eigenvalue weighted by atomic mass is 10.3. The van der Waals surface area contributed by atoms with Gasteiger partial charge < -0.3 is 10.6 Å². The molecule has 0 atom stereocenters. The van der Waals surface area contributed by atoms with Crippen molar-refractivity contribution in [2.45, 2.75) is 26.1 Å². The Hall–Kier alpha value is -2.85. The van der Waals surface area contributed by atoms with E-state index in [0.29, 0.717) is 5.69 Å². The lowest BCUT2D eigenvalue weighted by Crippen LogP contribution is -2.22. The molecular weight excluding hydrogens is 341 g/mol. The molecule has 0 saturated carbocycles. The second-order valence-corrected chi connectivity index (χ2v) is 5.33. The Morgan fingerprint density at radius 1 is 1.28 bits per heavy atom. The number of anilines is 1. The zero-order valence-corrected chi connectivity index (χ0v) is 13.8. The number of aromatic nitrogens is 4. The van der Waals surface area contributed by atoms with Crippen LogP contribution in [0, 0.1) is 6.92 Å². The predicted molar refractivity (Wildman–Crippen MR) is 81.8 cm³/mol. The number of amides is 2. The summed E-state index contributed by atoms with van der Waals surface area (Å²) in [5, 5.41) is 12.3.